The highest BCUT2D eigenvalue weighted by Gasteiger charge is 2.41. The van der Waals surface area contributed by atoms with Gasteiger partial charge in [0.2, 0.25) is 0 Å². The Morgan fingerprint density at radius 3 is 2.44 bits per heavy atom. The van der Waals surface area contributed by atoms with E-state index in [-0.39, 0.29) is 11.8 Å². The van der Waals surface area contributed by atoms with Gasteiger partial charge in [-0.15, -0.1) is 11.3 Å². The van der Waals surface area contributed by atoms with Crippen molar-refractivity contribution < 1.29 is 14.3 Å². The molecule has 27 heavy (non-hydrogen) atoms. The monoisotopic (exact) mass is 393 g/mol. The average molecular weight is 393 g/mol. The summed E-state index contributed by atoms with van der Waals surface area (Å²) >= 11 is 2.77. The van der Waals surface area contributed by atoms with Crippen LogP contribution >= 0.6 is 23.1 Å². The molecule has 4 nitrogen and oxygen atoms in total. The molecule has 0 fully saturated rings. The first-order valence-corrected chi connectivity index (χ1v) is 9.92. The summed E-state index contributed by atoms with van der Waals surface area (Å²) in [6.07, 6.45) is 0. The van der Waals surface area contributed by atoms with Crippen LogP contribution in [0, 0.1) is 0 Å². The van der Waals surface area contributed by atoms with Crippen LogP contribution in [0.2, 0.25) is 0 Å². The van der Waals surface area contributed by atoms with Crippen molar-refractivity contribution in [2.75, 3.05) is 12.0 Å². The summed E-state index contributed by atoms with van der Waals surface area (Å²) in [5, 5.41) is 1.90. The number of methoxy groups -OCH3 is 1. The van der Waals surface area contributed by atoms with Gasteiger partial charge in [0.1, 0.15) is 5.75 Å². The molecule has 0 spiro atoms. The van der Waals surface area contributed by atoms with Crippen LogP contribution in [0.5, 0.6) is 5.75 Å². The first kappa shape index (κ1) is 17.6. The van der Waals surface area contributed by atoms with Crippen LogP contribution in [0.25, 0.3) is 5.57 Å². The maximum absolute atomic E-state index is 13.2. The number of anilines is 1. The number of rotatable bonds is 5. The number of ether oxygens (including phenoxy) is 1. The van der Waals surface area contributed by atoms with Gasteiger partial charge in [-0.1, -0.05) is 42.1 Å². The number of imide groups is 1. The van der Waals surface area contributed by atoms with Gasteiger partial charge in [-0.2, -0.15) is 0 Å². The molecule has 2 amide bonds. The summed E-state index contributed by atoms with van der Waals surface area (Å²) in [6, 6.07) is 20.3. The molecule has 1 aliphatic rings. The molecule has 1 aromatic heterocycles. The maximum atomic E-state index is 13.2. The molecule has 6 heteroatoms. The highest BCUT2D eigenvalue weighted by molar-refractivity contribution is 8.04. The van der Waals surface area contributed by atoms with E-state index in [2.05, 4.69) is 0 Å². The molecule has 134 valence electrons. The molecule has 0 radical (unpaired) electrons. The number of carbonyl (C=O) groups excluding carboxylic acids is 2. The first-order chi connectivity index (χ1) is 13.2. The van der Waals surface area contributed by atoms with Crippen molar-refractivity contribution in [2.45, 2.75) is 4.90 Å². The van der Waals surface area contributed by atoms with E-state index in [0.29, 0.717) is 21.9 Å². The van der Waals surface area contributed by atoms with Crippen LogP contribution in [0.4, 0.5) is 5.69 Å². The van der Waals surface area contributed by atoms with E-state index in [1.807, 2.05) is 47.8 Å². The summed E-state index contributed by atoms with van der Waals surface area (Å²) in [6.45, 7) is 0. The minimum absolute atomic E-state index is 0.311. The van der Waals surface area contributed by atoms with Gasteiger partial charge >= 0.3 is 0 Å². The molecule has 0 bridgehead atoms. The van der Waals surface area contributed by atoms with E-state index < -0.39 is 0 Å². The predicted molar refractivity (Wildman–Crippen MR) is 109 cm³/mol. The van der Waals surface area contributed by atoms with Crippen molar-refractivity contribution in [3.05, 3.63) is 81.9 Å². The summed E-state index contributed by atoms with van der Waals surface area (Å²) in [5.41, 5.74) is 0.953. The SMILES string of the molecule is COc1cccc(N2C(=O)C(Sc3ccccc3)=C(c3cccs3)C2=O)c1. The van der Waals surface area contributed by atoms with Gasteiger partial charge in [0.05, 0.1) is 23.3 Å². The number of amides is 2. The van der Waals surface area contributed by atoms with E-state index in [0.717, 1.165) is 9.77 Å². The van der Waals surface area contributed by atoms with Gasteiger partial charge in [0, 0.05) is 15.8 Å². The summed E-state index contributed by atoms with van der Waals surface area (Å²) in [5.74, 6) is -0.0328. The Bertz CT molecular complexity index is 1030. The van der Waals surface area contributed by atoms with Crippen molar-refractivity contribution in [3.8, 4) is 5.75 Å². The normalized spacial score (nSPS) is 14.2. The lowest BCUT2D eigenvalue weighted by Gasteiger charge is -2.15. The Hall–Kier alpha value is -2.83. The van der Waals surface area contributed by atoms with Gasteiger partial charge in [0.25, 0.3) is 11.8 Å². The zero-order valence-corrected chi connectivity index (χ0v) is 16.0. The van der Waals surface area contributed by atoms with Crippen molar-refractivity contribution in [2.24, 2.45) is 0 Å². The fourth-order valence-electron chi connectivity index (χ4n) is 2.83. The topological polar surface area (TPSA) is 46.6 Å². The van der Waals surface area contributed by atoms with Crippen LogP contribution in [-0.4, -0.2) is 18.9 Å². The molecule has 0 saturated carbocycles. The molecule has 2 heterocycles. The Morgan fingerprint density at radius 2 is 1.74 bits per heavy atom. The van der Waals surface area contributed by atoms with Crippen LogP contribution < -0.4 is 9.64 Å². The Kier molecular flexibility index (Phi) is 4.83. The molecule has 1 aliphatic heterocycles. The number of hydrogen-bond donors (Lipinski definition) is 0. The number of thiophene rings is 1. The number of carbonyl (C=O) groups is 2. The Morgan fingerprint density at radius 1 is 0.926 bits per heavy atom. The molecule has 0 N–H and O–H groups in total. The highest BCUT2D eigenvalue weighted by Crippen LogP contribution is 2.42. The van der Waals surface area contributed by atoms with E-state index in [1.165, 1.54) is 28.0 Å². The van der Waals surface area contributed by atoms with Crippen LogP contribution in [0.1, 0.15) is 4.88 Å². The fraction of sp³-hybridized carbons (Fsp3) is 0.0476. The molecule has 3 aromatic rings. The quantitative estimate of drug-likeness (QED) is 0.582. The van der Waals surface area contributed by atoms with Crippen molar-refractivity contribution in [3.63, 3.8) is 0 Å². The zero-order valence-electron chi connectivity index (χ0n) is 14.4. The third-order valence-corrected chi connectivity index (χ3v) is 6.06. The van der Waals surface area contributed by atoms with Crippen molar-refractivity contribution >= 4 is 46.2 Å². The third kappa shape index (κ3) is 3.29. The second-order valence-electron chi connectivity index (χ2n) is 5.74. The van der Waals surface area contributed by atoms with Crippen LogP contribution in [0.3, 0.4) is 0 Å². The number of benzene rings is 2. The van der Waals surface area contributed by atoms with Crippen molar-refractivity contribution in [1.82, 2.24) is 0 Å². The molecular weight excluding hydrogens is 378 g/mol. The van der Waals surface area contributed by atoms with Gasteiger partial charge in [-0.25, -0.2) is 4.90 Å². The number of nitrogens with zero attached hydrogens (tertiary/aromatic N) is 1. The van der Waals surface area contributed by atoms with Crippen molar-refractivity contribution in [1.29, 1.82) is 0 Å². The average Bonchev–Trinajstić information content (AvgIpc) is 3.30. The van der Waals surface area contributed by atoms with Gasteiger partial charge in [-0.3, -0.25) is 9.59 Å². The van der Waals surface area contributed by atoms with Crippen LogP contribution in [-0.2, 0) is 9.59 Å². The second-order valence-corrected chi connectivity index (χ2v) is 7.78. The molecule has 0 saturated heterocycles. The molecular formula is C21H15NO3S2. The molecule has 2 aromatic carbocycles. The van der Waals surface area contributed by atoms with Gasteiger partial charge in [0.15, 0.2) is 0 Å². The van der Waals surface area contributed by atoms with E-state index >= 15 is 0 Å². The molecule has 0 atom stereocenters. The highest BCUT2D eigenvalue weighted by atomic mass is 32.2. The van der Waals surface area contributed by atoms with E-state index in [9.17, 15) is 9.59 Å². The minimum atomic E-state index is -0.314. The van der Waals surface area contributed by atoms with E-state index in [4.69, 9.17) is 4.74 Å². The predicted octanol–water partition coefficient (Wildman–Crippen LogP) is 4.83. The van der Waals surface area contributed by atoms with E-state index in [1.54, 1.807) is 31.4 Å². The summed E-state index contributed by atoms with van der Waals surface area (Å²) < 4.78 is 5.24. The lowest BCUT2D eigenvalue weighted by atomic mass is 10.2. The molecule has 0 aliphatic carbocycles. The zero-order chi connectivity index (χ0) is 18.8. The van der Waals surface area contributed by atoms with Gasteiger partial charge < -0.3 is 4.74 Å². The minimum Gasteiger partial charge on any atom is -0.497 e. The van der Waals surface area contributed by atoms with Crippen LogP contribution in [0.15, 0.2) is 81.9 Å². The lowest BCUT2D eigenvalue weighted by Crippen LogP contribution is -2.31. The van der Waals surface area contributed by atoms with Gasteiger partial charge in [-0.05, 0) is 35.7 Å². The summed E-state index contributed by atoms with van der Waals surface area (Å²) in [4.78, 5) is 29.8. The smallest absolute Gasteiger partial charge is 0.272 e. The number of hydrogen-bond acceptors (Lipinski definition) is 5. The molecule has 0 unspecified atom stereocenters. The standard InChI is InChI=1S/C21H15NO3S2/c1-25-15-8-5-7-14(13-15)22-20(23)18(17-11-6-12-26-17)19(21(22)24)27-16-9-3-2-4-10-16/h2-13H,1H3. The fourth-order valence-corrected chi connectivity index (χ4v) is 4.67. The Labute approximate surface area is 165 Å². The lowest BCUT2D eigenvalue weighted by molar-refractivity contribution is -0.119. The Balaban J connectivity index is 1.79. The maximum Gasteiger partial charge on any atom is 0.272 e. The summed E-state index contributed by atoms with van der Waals surface area (Å²) in [7, 11) is 1.55. The second kappa shape index (κ2) is 7.42. The first-order valence-electron chi connectivity index (χ1n) is 8.23. The largest absolute Gasteiger partial charge is 0.497 e. The third-order valence-electron chi connectivity index (χ3n) is 4.08. The molecule has 4 rings (SSSR count). The number of thioether (sulfide) groups is 1.